The van der Waals surface area contributed by atoms with Crippen LogP contribution in [0.4, 0.5) is 9.93 Å². The van der Waals surface area contributed by atoms with E-state index in [1.165, 1.54) is 12.8 Å². The van der Waals surface area contributed by atoms with Crippen LogP contribution in [0.3, 0.4) is 0 Å². The Morgan fingerprint density at radius 2 is 1.79 bits per heavy atom. The molecule has 4 rings (SSSR count). The Hall–Kier alpha value is -1.36. The van der Waals surface area contributed by atoms with Crippen molar-refractivity contribution in [2.45, 2.75) is 68.7 Å². The molecule has 0 bridgehead atoms. The monoisotopic (exact) mass is 509 g/mol. The molecule has 8 nitrogen and oxygen atoms in total. The number of anilines is 1. The van der Waals surface area contributed by atoms with Gasteiger partial charge in [0.25, 0.3) is 0 Å². The summed E-state index contributed by atoms with van der Waals surface area (Å²) in [5.74, 6) is 1.87. The van der Waals surface area contributed by atoms with E-state index >= 15 is 0 Å². The second-order valence-electron chi connectivity index (χ2n) is 9.78. The number of hydrogen-bond acceptors (Lipinski definition) is 7. The molecule has 1 aliphatic carbocycles. The zero-order chi connectivity index (χ0) is 23.9. The van der Waals surface area contributed by atoms with E-state index in [2.05, 4.69) is 27.0 Å². The van der Waals surface area contributed by atoms with Crippen LogP contribution in [0.2, 0.25) is 0 Å². The molecule has 10 heteroatoms. The van der Waals surface area contributed by atoms with Gasteiger partial charge in [0.15, 0.2) is 5.13 Å². The molecule has 0 radical (unpaired) electrons. The standard InChI is InChI=1S/C24H39N5O3S2/c1-18-3-5-20(6-4-18)29(21-7-9-28(10-8-21)19(2)30)24(31)26-23-25-17-22(34-23)33-16-13-27-11-14-32-15-12-27/h17-18,20-21H,3-16H2,1-2H3,(H,25,26,31)/t18-,20-. The van der Waals surface area contributed by atoms with Crippen molar-refractivity contribution in [1.29, 1.82) is 0 Å². The summed E-state index contributed by atoms with van der Waals surface area (Å²) in [5.41, 5.74) is 0. The third kappa shape index (κ3) is 7.08. The molecule has 0 atom stereocenters. The third-order valence-corrected chi connectivity index (χ3v) is 9.46. The number of carbonyl (C=O) groups excluding carboxylic acids is 2. The molecular formula is C24H39N5O3S2. The summed E-state index contributed by atoms with van der Waals surface area (Å²) in [6, 6.07) is 0.420. The molecule has 0 unspecified atom stereocenters. The van der Waals surface area contributed by atoms with E-state index in [0.717, 1.165) is 87.5 Å². The fourth-order valence-corrected chi connectivity index (χ4v) is 7.19. The van der Waals surface area contributed by atoms with E-state index in [1.807, 2.05) is 11.1 Å². The SMILES string of the molecule is CC(=O)N1CCC(N(C(=O)Nc2ncc(SCCN3CCOCC3)s2)[C@H]2CC[C@H](C)CC2)CC1. The number of aromatic nitrogens is 1. The number of nitrogens with zero attached hydrogens (tertiary/aromatic N) is 4. The first-order valence-electron chi connectivity index (χ1n) is 12.7. The molecule has 1 saturated carbocycles. The van der Waals surface area contributed by atoms with Gasteiger partial charge < -0.3 is 14.5 Å². The van der Waals surface area contributed by atoms with Crippen molar-refractivity contribution >= 4 is 40.2 Å². The first-order valence-corrected chi connectivity index (χ1v) is 14.5. The van der Waals surface area contributed by atoms with E-state index in [4.69, 9.17) is 4.74 Å². The third-order valence-electron chi connectivity index (χ3n) is 7.37. The fraction of sp³-hybridized carbons (Fsp3) is 0.792. The van der Waals surface area contributed by atoms with Crippen molar-refractivity contribution in [3.8, 4) is 0 Å². The number of ether oxygens (including phenoxy) is 1. The molecule has 3 aliphatic rings. The Morgan fingerprint density at radius 3 is 2.47 bits per heavy atom. The van der Waals surface area contributed by atoms with Crippen LogP contribution in [0, 0.1) is 5.92 Å². The number of hydrogen-bond donors (Lipinski definition) is 1. The molecule has 0 spiro atoms. The Labute approximate surface area is 211 Å². The molecular weight excluding hydrogens is 470 g/mol. The van der Waals surface area contributed by atoms with Gasteiger partial charge in [0.05, 0.1) is 23.6 Å². The minimum atomic E-state index is -0.0277. The number of carbonyl (C=O) groups is 2. The van der Waals surface area contributed by atoms with Crippen molar-refractivity contribution < 1.29 is 14.3 Å². The number of urea groups is 1. The second kappa shape index (κ2) is 12.6. The minimum Gasteiger partial charge on any atom is -0.379 e. The highest BCUT2D eigenvalue weighted by Crippen LogP contribution is 2.33. The zero-order valence-electron chi connectivity index (χ0n) is 20.5. The van der Waals surface area contributed by atoms with Crippen LogP contribution in [0.1, 0.15) is 52.4 Å². The first kappa shape index (κ1) is 25.7. The molecule has 1 aromatic heterocycles. The van der Waals surface area contributed by atoms with Gasteiger partial charge in [-0.25, -0.2) is 9.78 Å². The fourth-order valence-electron chi connectivity index (χ4n) is 5.25. The Balaban J connectivity index is 1.33. The normalized spacial score (nSPS) is 24.7. The second-order valence-corrected chi connectivity index (χ2v) is 12.2. The summed E-state index contributed by atoms with van der Waals surface area (Å²) >= 11 is 3.36. The molecule has 190 valence electrons. The summed E-state index contributed by atoms with van der Waals surface area (Å²) in [6.07, 6.45) is 8.02. The number of amides is 3. The highest BCUT2D eigenvalue weighted by molar-refractivity contribution is 8.01. The lowest BCUT2D eigenvalue weighted by Gasteiger charge is -2.44. The van der Waals surface area contributed by atoms with Crippen LogP contribution in [0.15, 0.2) is 10.4 Å². The summed E-state index contributed by atoms with van der Waals surface area (Å²) in [7, 11) is 0. The van der Waals surface area contributed by atoms with Gasteiger partial charge in [-0.2, -0.15) is 0 Å². The largest absolute Gasteiger partial charge is 0.379 e. The van der Waals surface area contributed by atoms with Gasteiger partial charge in [-0.05, 0) is 44.4 Å². The van der Waals surface area contributed by atoms with E-state index in [-0.39, 0.29) is 24.0 Å². The number of likely N-dealkylation sites (tertiary alicyclic amines) is 1. The summed E-state index contributed by atoms with van der Waals surface area (Å²) in [6.45, 7) is 10.1. The van der Waals surface area contributed by atoms with E-state index < -0.39 is 0 Å². The van der Waals surface area contributed by atoms with Crippen molar-refractivity contribution in [2.24, 2.45) is 5.92 Å². The number of piperidine rings is 1. The predicted molar refractivity (Wildman–Crippen MR) is 138 cm³/mol. The van der Waals surface area contributed by atoms with Gasteiger partial charge in [-0.1, -0.05) is 18.3 Å². The van der Waals surface area contributed by atoms with Gasteiger partial charge in [0.2, 0.25) is 5.91 Å². The Kier molecular flexibility index (Phi) is 9.50. The van der Waals surface area contributed by atoms with Crippen molar-refractivity contribution in [3.05, 3.63) is 6.20 Å². The zero-order valence-corrected chi connectivity index (χ0v) is 22.2. The highest BCUT2D eigenvalue weighted by Gasteiger charge is 2.35. The van der Waals surface area contributed by atoms with Crippen LogP contribution in [-0.2, 0) is 9.53 Å². The minimum absolute atomic E-state index is 0.0277. The molecule has 2 aliphatic heterocycles. The lowest BCUT2D eigenvalue weighted by Crippen LogP contribution is -2.54. The molecule has 1 aromatic rings. The Bertz CT molecular complexity index is 800. The molecule has 3 fully saturated rings. The molecule has 0 aromatic carbocycles. The maximum absolute atomic E-state index is 13.5. The highest BCUT2D eigenvalue weighted by atomic mass is 32.2. The predicted octanol–water partition coefficient (Wildman–Crippen LogP) is 3.99. The van der Waals surface area contributed by atoms with Crippen LogP contribution in [-0.4, -0.2) is 95.4 Å². The van der Waals surface area contributed by atoms with Gasteiger partial charge in [-0.15, -0.1) is 11.8 Å². The van der Waals surface area contributed by atoms with E-state index in [1.54, 1.807) is 30.0 Å². The average molecular weight is 510 g/mol. The molecule has 2 saturated heterocycles. The Morgan fingerprint density at radius 1 is 1.12 bits per heavy atom. The van der Waals surface area contributed by atoms with Crippen LogP contribution in [0.5, 0.6) is 0 Å². The number of thioether (sulfide) groups is 1. The van der Waals surface area contributed by atoms with Crippen LogP contribution in [0.25, 0.3) is 0 Å². The lowest BCUT2D eigenvalue weighted by atomic mass is 9.85. The lowest BCUT2D eigenvalue weighted by molar-refractivity contribution is -0.130. The average Bonchev–Trinajstić information content (AvgIpc) is 3.28. The van der Waals surface area contributed by atoms with Gasteiger partial charge in [0.1, 0.15) is 0 Å². The topological polar surface area (TPSA) is 78.0 Å². The summed E-state index contributed by atoms with van der Waals surface area (Å²) < 4.78 is 6.55. The maximum atomic E-state index is 13.5. The van der Waals surface area contributed by atoms with Crippen molar-refractivity contribution in [2.75, 3.05) is 57.0 Å². The van der Waals surface area contributed by atoms with Gasteiger partial charge in [-0.3, -0.25) is 15.0 Å². The van der Waals surface area contributed by atoms with E-state index in [0.29, 0.717) is 5.13 Å². The van der Waals surface area contributed by atoms with Gasteiger partial charge >= 0.3 is 6.03 Å². The molecule has 3 heterocycles. The van der Waals surface area contributed by atoms with Crippen molar-refractivity contribution in [1.82, 2.24) is 19.7 Å². The number of nitrogens with one attached hydrogen (secondary N) is 1. The van der Waals surface area contributed by atoms with Crippen LogP contribution < -0.4 is 5.32 Å². The van der Waals surface area contributed by atoms with E-state index in [9.17, 15) is 9.59 Å². The van der Waals surface area contributed by atoms with Crippen LogP contribution >= 0.6 is 23.1 Å². The summed E-state index contributed by atoms with van der Waals surface area (Å²) in [5, 5.41) is 3.79. The number of thiazole rings is 1. The maximum Gasteiger partial charge on any atom is 0.324 e. The molecule has 3 amide bonds. The number of rotatable bonds is 7. The molecule has 34 heavy (non-hydrogen) atoms. The first-order chi connectivity index (χ1) is 16.5. The van der Waals surface area contributed by atoms with Crippen molar-refractivity contribution in [3.63, 3.8) is 0 Å². The number of morpholine rings is 1. The quantitative estimate of drug-likeness (QED) is 0.560. The van der Waals surface area contributed by atoms with Gasteiger partial charge in [0, 0.05) is 57.5 Å². The molecule has 1 N–H and O–H groups in total. The smallest absolute Gasteiger partial charge is 0.324 e. The summed E-state index contributed by atoms with van der Waals surface area (Å²) in [4.78, 5) is 36.2.